The standard InChI is InChI=1S/C16H10ClF2IN2O3/c1-8-14(16(23)25-20)22-6-9(17)5-13(15(22)21-8)24-7-10-11(18)3-2-4-12(10)19/h2-6H,7H2,1H3. The van der Waals surface area contributed by atoms with Crippen molar-refractivity contribution in [3.63, 3.8) is 0 Å². The third-order valence-electron chi connectivity index (χ3n) is 3.52. The van der Waals surface area contributed by atoms with Crippen molar-refractivity contribution >= 4 is 46.2 Å². The molecule has 2 heterocycles. The Balaban J connectivity index is 2.04. The first-order valence-corrected chi connectivity index (χ1v) is 8.25. The predicted molar refractivity (Wildman–Crippen MR) is 95.1 cm³/mol. The molecule has 0 aliphatic rings. The molecule has 130 valence electrons. The first-order valence-electron chi connectivity index (χ1n) is 6.99. The lowest BCUT2D eigenvalue weighted by Gasteiger charge is -2.10. The smallest absolute Gasteiger partial charge is 0.366 e. The van der Waals surface area contributed by atoms with Crippen molar-refractivity contribution in [1.82, 2.24) is 9.38 Å². The van der Waals surface area contributed by atoms with Crippen molar-refractivity contribution in [3.8, 4) is 5.75 Å². The van der Waals surface area contributed by atoms with Crippen LogP contribution in [0.2, 0.25) is 5.02 Å². The van der Waals surface area contributed by atoms with Crippen molar-refractivity contribution in [2.24, 2.45) is 0 Å². The third kappa shape index (κ3) is 3.40. The molecule has 2 aromatic heterocycles. The highest BCUT2D eigenvalue weighted by molar-refractivity contribution is 14.1. The van der Waals surface area contributed by atoms with Crippen LogP contribution in [0.1, 0.15) is 21.7 Å². The van der Waals surface area contributed by atoms with E-state index >= 15 is 0 Å². The molecule has 9 heteroatoms. The molecule has 0 atom stereocenters. The zero-order valence-corrected chi connectivity index (χ0v) is 15.6. The third-order valence-corrected chi connectivity index (χ3v) is 4.13. The first-order chi connectivity index (χ1) is 11.9. The van der Waals surface area contributed by atoms with E-state index in [1.165, 1.54) is 45.7 Å². The Morgan fingerprint density at radius 1 is 1.36 bits per heavy atom. The van der Waals surface area contributed by atoms with E-state index in [1.54, 1.807) is 6.92 Å². The second kappa shape index (κ2) is 7.12. The van der Waals surface area contributed by atoms with E-state index in [0.29, 0.717) is 5.69 Å². The van der Waals surface area contributed by atoms with Gasteiger partial charge in [-0.3, -0.25) is 4.40 Å². The summed E-state index contributed by atoms with van der Waals surface area (Å²) in [6.07, 6.45) is 1.48. The number of benzene rings is 1. The van der Waals surface area contributed by atoms with Crippen LogP contribution in [0.3, 0.4) is 0 Å². The average molecular weight is 479 g/mol. The Kier molecular flexibility index (Phi) is 5.09. The number of hydrogen-bond donors (Lipinski definition) is 0. The van der Waals surface area contributed by atoms with Crippen LogP contribution in [0.15, 0.2) is 30.5 Å². The summed E-state index contributed by atoms with van der Waals surface area (Å²) in [6, 6.07) is 5.01. The van der Waals surface area contributed by atoms with Gasteiger partial charge in [-0.2, -0.15) is 0 Å². The van der Waals surface area contributed by atoms with Crippen LogP contribution < -0.4 is 4.74 Å². The molecular weight excluding hydrogens is 469 g/mol. The van der Waals surface area contributed by atoms with Gasteiger partial charge in [-0.25, -0.2) is 18.6 Å². The van der Waals surface area contributed by atoms with E-state index < -0.39 is 17.6 Å². The Morgan fingerprint density at radius 2 is 2.04 bits per heavy atom. The number of aryl methyl sites for hydroxylation is 1. The van der Waals surface area contributed by atoms with E-state index in [2.05, 4.69) is 4.98 Å². The monoisotopic (exact) mass is 478 g/mol. The highest BCUT2D eigenvalue weighted by atomic mass is 127. The van der Waals surface area contributed by atoms with E-state index in [0.717, 1.165) is 12.1 Å². The van der Waals surface area contributed by atoms with E-state index in [4.69, 9.17) is 19.4 Å². The van der Waals surface area contributed by atoms with Crippen molar-refractivity contribution < 1.29 is 21.4 Å². The molecule has 0 fully saturated rings. The van der Waals surface area contributed by atoms with Gasteiger partial charge in [-0.05, 0) is 19.1 Å². The fourth-order valence-electron chi connectivity index (χ4n) is 2.40. The van der Waals surface area contributed by atoms with E-state index in [-0.39, 0.29) is 34.3 Å². The quantitative estimate of drug-likeness (QED) is 0.512. The van der Waals surface area contributed by atoms with Crippen LogP contribution in [0.4, 0.5) is 8.78 Å². The molecule has 0 saturated carbocycles. The summed E-state index contributed by atoms with van der Waals surface area (Å²) in [6.45, 7) is 1.27. The fourth-order valence-corrected chi connectivity index (χ4v) is 2.81. The largest absolute Gasteiger partial charge is 0.485 e. The van der Waals surface area contributed by atoms with E-state index in [9.17, 15) is 13.6 Å². The Hall–Kier alpha value is -1.94. The lowest BCUT2D eigenvalue weighted by molar-refractivity contribution is 0.0792. The number of hydrogen-bond acceptors (Lipinski definition) is 4. The topological polar surface area (TPSA) is 52.8 Å². The second-order valence-corrected chi connectivity index (χ2v) is 5.99. The Bertz CT molecular complexity index is 957. The molecule has 0 aliphatic carbocycles. The molecule has 25 heavy (non-hydrogen) atoms. The molecule has 0 bridgehead atoms. The Labute approximate surface area is 160 Å². The number of nitrogens with zero attached hydrogens (tertiary/aromatic N) is 2. The van der Waals surface area contributed by atoms with Gasteiger partial charge >= 0.3 is 5.97 Å². The molecule has 0 aliphatic heterocycles. The number of imidazole rings is 1. The molecule has 0 N–H and O–H groups in total. The molecule has 3 aromatic rings. The van der Waals surface area contributed by atoms with Gasteiger partial charge in [0.25, 0.3) is 0 Å². The van der Waals surface area contributed by atoms with Crippen LogP contribution in [0.25, 0.3) is 5.65 Å². The number of aromatic nitrogens is 2. The number of fused-ring (bicyclic) bond motifs is 1. The second-order valence-electron chi connectivity index (χ2n) is 5.12. The molecule has 1 aromatic carbocycles. The summed E-state index contributed by atoms with van der Waals surface area (Å²) < 4.78 is 39.1. The van der Waals surface area contributed by atoms with Crippen molar-refractivity contribution in [3.05, 3.63) is 64.1 Å². The number of ether oxygens (including phenoxy) is 1. The van der Waals surface area contributed by atoms with Crippen LogP contribution in [0, 0.1) is 18.6 Å². The molecule has 0 saturated heterocycles. The average Bonchev–Trinajstić information content (AvgIpc) is 2.89. The van der Waals surface area contributed by atoms with Gasteiger partial charge in [0, 0.05) is 12.3 Å². The van der Waals surface area contributed by atoms with E-state index in [1.807, 2.05) is 0 Å². The lowest BCUT2D eigenvalue weighted by atomic mass is 10.2. The van der Waals surface area contributed by atoms with Crippen molar-refractivity contribution in [2.45, 2.75) is 13.5 Å². The molecule has 0 unspecified atom stereocenters. The molecular formula is C16H10ClF2IN2O3. The highest BCUT2D eigenvalue weighted by Crippen LogP contribution is 2.28. The predicted octanol–water partition coefficient (Wildman–Crippen LogP) is 4.66. The zero-order chi connectivity index (χ0) is 18.1. The molecule has 0 spiro atoms. The maximum atomic E-state index is 13.7. The molecule has 0 radical (unpaired) electrons. The summed E-state index contributed by atoms with van der Waals surface area (Å²) in [4.78, 5) is 16.2. The van der Waals surface area contributed by atoms with Crippen molar-refractivity contribution in [2.75, 3.05) is 0 Å². The minimum absolute atomic E-state index is 0.186. The number of carbonyl (C=O) groups excluding carboxylic acids is 1. The van der Waals surface area contributed by atoms with Gasteiger partial charge < -0.3 is 7.80 Å². The number of halogens is 4. The minimum Gasteiger partial charge on any atom is -0.485 e. The Morgan fingerprint density at radius 3 is 2.68 bits per heavy atom. The number of pyridine rings is 1. The summed E-state index contributed by atoms with van der Waals surface area (Å²) >= 11 is 7.54. The molecule has 0 amide bonds. The van der Waals surface area contributed by atoms with Crippen LogP contribution in [0.5, 0.6) is 5.75 Å². The van der Waals surface area contributed by atoms with Crippen LogP contribution >= 0.6 is 34.6 Å². The van der Waals surface area contributed by atoms with Crippen molar-refractivity contribution in [1.29, 1.82) is 0 Å². The van der Waals surface area contributed by atoms with Gasteiger partial charge in [0.2, 0.25) is 0 Å². The van der Waals surface area contributed by atoms with Gasteiger partial charge in [0.05, 0.1) is 16.3 Å². The zero-order valence-electron chi connectivity index (χ0n) is 12.7. The van der Waals surface area contributed by atoms with Crippen LogP contribution in [-0.4, -0.2) is 15.4 Å². The normalized spacial score (nSPS) is 10.9. The summed E-state index contributed by atoms with van der Waals surface area (Å²) in [5, 5.41) is 0.261. The SMILES string of the molecule is Cc1nc2c(OCc3c(F)cccc3F)cc(Cl)cn2c1C(=O)OI. The molecule has 3 rings (SSSR count). The van der Waals surface area contributed by atoms with Gasteiger partial charge in [-0.1, -0.05) is 17.7 Å². The summed E-state index contributed by atoms with van der Waals surface area (Å²) in [5.74, 6) is -1.84. The number of rotatable bonds is 4. The number of carbonyl (C=O) groups is 1. The lowest BCUT2D eigenvalue weighted by Crippen LogP contribution is -2.06. The summed E-state index contributed by atoms with van der Waals surface area (Å²) in [7, 11) is 0. The fraction of sp³-hybridized carbons (Fsp3) is 0.125. The minimum atomic E-state index is -0.716. The van der Waals surface area contributed by atoms with Gasteiger partial charge in [0.1, 0.15) is 18.2 Å². The first kappa shape index (κ1) is 17.9. The maximum absolute atomic E-state index is 13.7. The molecule has 5 nitrogen and oxygen atoms in total. The maximum Gasteiger partial charge on any atom is 0.366 e. The van der Waals surface area contributed by atoms with Gasteiger partial charge in [0.15, 0.2) is 40.1 Å². The van der Waals surface area contributed by atoms with Crippen LogP contribution in [-0.2, 0) is 9.67 Å². The summed E-state index contributed by atoms with van der Waals surface area (Å²) in [5.41, 5.74) is 0.672. The van der Waals surface area contributed by atoms with Gasteiger partial charge in [-0.15, -0.1) is 0 Å². The highest BCUT2D eigenvalue weighted by Gasteiger charge is 2.21.